The quantitative estimate of drug-likeness (QED) is 0.732. The van der Waals surface area contributed by atoms with Gasteiger partial charge in [0.1, 0.15) is 17.6 Å². The van der Waals surface area contributed by atoms with E-state index in [4.69, 9.17) is 10.2 Å². The van der Waals surface area contributed by atoms with Gasteiger partial charge in [-0.2, -0.15) is 4.52 Å². The van der Waals surface area contributed by atoms with Crippen LogP contribution in [-0.2, 0) is 4.79 Å². The Morgan fingerprint density at radius 1 is 1.48 bits per heavy atom. The molecule has 0 aliphatic carbocycles. The summed E-state index contributed by atoms with van der Waals surface area (Å²) in [6.07, 6.45) is 3.02. The Hall–Kier alpha value is -2.39. The van der Waals surface area contributed by atoms with Crippen LogP contribution in [0.1, 0.15) is 35.3 Å². The van der Waals surface area contributed by atoms with Crippen LogP contribution in [0.5, 0.6) is 5.88 Å². The maximum atomic E-state index is 11.4. The molecule has 0 radical (unpaired) electrons. The van der Waals surface area contributed by atoms with E-state index in [1.807, 2.05) is 12.1 Å². The molecule has 1 fully saturated rings. The second kappa shape index (κ2) is 6.16. The van der Waals surface area contributed by atoms with Crippen molar-refractivity contribution in [1.82, 2.24) is 19.5 Å². The fraction of sp³-hybridized carbons (Fsp3) is 0.438. The number of piperidine rings is 1. The molecule has 1 unspecified atom stereocenters. The van der Waals surface area contributed by atoms with E-state index < -0.39 is 0 Å². The zero-order valence-electron chi connectivity index (χ0n) is 13.8. The fourth-order valence-corrected chi connectivity index (χ4v) is 4.53. The molecule has 0 aromatic carbocycles. The second-order valence-corrected chi connectivity index (χ2v) is 7.28. The van der Waals surface area contributed by atoms with Gasteiger partial charge in [0.05, 0.1) is 11.1 Å². The molecular weight excluding hydrogens is 342 g/mol. The van der Waals surface area contributed by atoms with Crippen LogP contribution < -0.4 is 5.73 Å². The highest BCUT2D eigenvalue weighted by Crippen LogP contribution is 2.41. The van der Waals surface area contributed by atoms with Gasteiger partial charge in [0.15, 0.2) is 0 Å². The Labute approximate surface area is 147 Å². The summed E-state index contributed by atoms with van der Waals surface area (Å²) in [4.78, 5) is 19.4. The summed E-state index contributed by atoms with van der Waals surface area (Å²) < 4.78 is 7.10. The number of hydrogen-bond donors (Lipinski definition) is 2. The number of fused-ring (bicyclic) bond motifs is 1. The summed E-state index contributed by atoms with van der Waals surface area (Å²) in [7, 11) is 0. The molecule has 1 aliphatic rings. The minimum absolute atomic E-state index is 0.0824. The van der Waals surface area contributed by atoms with Crippen molar-refractivity contribution in [1.29, 1.82) is 0 Å². The molecule has 0 spiro atoms. The van der Waals surface area contributed by atoms with Gasteiger partial charge in [0.2, 0.25) is 16.7 Å². The highest BCUT2D eigenvalue weighted by molar-refractivity contribution is 7.17. The maximum absolute atomic E-state index is 11.4. The van der Waals surface area contributed by atoms with Crippen LogP contribution in [0.15, 0.2) is 22.8 Å². The molecule has 1 saturated heterocycles. The smallest absolute Gasteiger partial charge is 0.230 e. The van der Waals surface area contributed by atoms with Gasteiger partial charge in [-0.3, -0.25) is 9.69 Å². The number of nitrogens with zero attached hydrogens (tertiary/aromatic N) is 4. The molecule has 3 aromatic heterocycles. The number of amides is 1. The van der Waals surface area contributed by atoms with Crippen LogP contribution in [0.25, 0.3) is 4.96 Å². The Bertz CT molecular complexity index is 893. The van der Waals surface area contributed by atoms with Crippen LogP contribution in [0.4, 0.5) is 0 Å². The molecule has 4 heterocycles. The van der Waals surface area contributed by atoms with Gasteiger partial charge >= 0.3 is 0 Å². The number of nitrogens with two attached hydrogens (primary N) is 1. The van der Waals surface area contributed by atoms with E-state index in [0.717, 1.165) is 10.6 Å². The molecular formula is C16H19N5O3S. The number of carbonyl (C=O) groups is 1. The van der Waals surface area contributed by atoms with Crippen molar-refractivity contribution in [3.8, 4) is 5.88 Å². The van der Waals surface area contributed by atoms with Gasteiger partial charge in [-0.1, -0.05) is 11.3 Å². The summed E-state index contributed by atoms with van der Waals surface area (Å²) in [5, 5.41) is 14.9. The predicted octanol–water partition coefficient (Wildman–Crippen LogP) is 1.68. The molecule has 0 bridgehead atoms. The average molecular weight is 361 g/mol. The number of furan rings is 1. The second-order valence-electron chi connectivity index (χ2n) is 6.27. The van der Waals surface area contributed by atoms with Crippen LogP contribution >= 0.6 is 11.3 Å². The number of primary amides is 1. The molecule has 1 atom stereocenters. The number of aryl methyl sites for hydroxylation is 1. The number of carbonyl (C=O) groups excluding carboxylic acids is 1. The van der Waals surface area contributed by atoms with E-state index in [0.29, 0.717) is 36.7 Å². The molecule has 3 N–H and O–H groups in total. The van der Waals surface area contributed by atoms with Crippen molar-refractivity contribution in [3.05, 3.63) is 34.9 Å². The van der Waals surface area contributed by atoms with Gasteiger partial charge in [-0.15, -0.1) is 5.10 Å². The van der Waals surface area contributed by atoms with Crippen molar-refractivity contribution < 1.29 is 14.3 Å². The third-order valence-corrected chi connectivity index (χ3v) is 5.74. The summed E-state index contributed by atoms with van der Waals surface area (Å²) in [6.45, 7) is 3.19. The summed E-state index contributed by atoms with van der Waals surface area (Å²) in [5.41, 5.74) is 5.44. The lowest BCUT2D eigenvalue weighted by Crippen LogP contribution is -2.40. The highest BCUT2D eigenvalue weighted by atomic mass is 32.1. The average Bonchev–Trinajstić information content (AvgIpc) is 3.29. The molecule has 4 rings (SSSR count). The number of likely N-dealkylation sites (tertiary alicyclic amines) is 1. The third kappa shape index (κ3) is 2.79. The Balaban J connectivity index is 1.70. The molecule has 25 heavy (non-hydrogen) atoms. The molecule has 1 amide bonds. The normalized spacial score (nSPS) is 18.0. The lowest BCUT2D eigenvalue weighted by atomic mass is 9.94. The van der Waals surface area contributed by atoms with E-state index >= 15 is 0 Å². The lowest BCUT2D eigenvalue weighted by molar-refractivity contribution is -0.123. The van der Waals surface area contributed by atoms with Gasteiger partial charge in [0.25, 0.3) is 0 Å². The maximum Gasteiger partial charge on any atom is 0.230 e. The first kappa shape index (κ1) is 16.1. The number of aromatic hydroxyl groups is 1. The minimum atomic E-state index is -0.244. The van der Waals surface area contributed by atoms with E-state index in [1.165, 1.54) is 15.9 Å². The topological polar surface area (TPSA) is 110 Å². The largest absolute Gasteiger partial charge is 0.492 e. The fourth-order valence-electron chi connectivity index (χ4n) is 3.39. The first-order chi connectivity index (χ1) is 12.0. The molecule has 8 nitrogen and oxygen atoms in total. The van der Waals surface area contributed by atoms with Crippen molar-refractivity contribution in [3.63, 3.8) is 0 Å². The zero-order valence-corrected chi connectivity index (χ0v) is 14.6. The van der Waals surface area contributed by atoms with Gasteiger partial charge < -0.3 is 15.3 Å². The molecule has 9 heteroatoms. The van der Waals surface area contributed by atoms with Gasteiger partial charge in [-0.05, 0) is 45.0 Å². The van der Waals surface area contributed by atoms with Crippen molar-refractivity contribution in [2.75, 3.05) is 13.1 Å². The number of aromatic nitrogens is 3. The highest BCUT2D eigenvalue weighted by Gasteiger charge is 2.34. The molecule has 3 aromatic rings. The Kier molecular flexibility index (Phi) is 3.97. The Morgan fingerprint density at radius 2 is 2.24 bits per heavy atom. The lowest BCUT2D eigenvalue weighted by Gasteiger charge is -2.35. The van der Waals surface area contributed by atoms with Crippen LogP contribution in [0, 0.1) is 12.8 Å². The third-order valence-electron chi connectivity index (χ3n) is 4.66. The summed E-state index contributed by atoms with van der Waals surface area (Å²) in [5.74, 6) is 1.11. The number of rotatable bonds is 4. The van der Waals surface area contributed by atoms with Crippen molar-refractivity contribution in [2.24, 2.45) is 11.7 Å². The standard InChI is InChI=1S/C16H19N5O3S/c1-9-18-16-21(19-9)15(23)13(25-16)12(11-3-2-8-24-11)20-6-4-10(5-7-20)14(17)22/h2-3,8,10,12,23H,4-7H2,1H3,(H2,17,22). The van der Waals surface area contributed by atoms with Crippen LogP contribution in [0.3, 0.4) is 0 Å². The first-order valence-corrected chi connectivity index (χ1v) is 8.98. The van der Waals surface area contributed by atoms with Crippen LogP contribution in [-0.4, -0.2) is 43.6 Å². The molecule has 132 valence electrons. The van der Waals surface area contributed by atoms with Crippen molar-refractivity contribution in [2.45, 2.75) is 25.8 Å². The van der Waals surface area contributed by atoms with Crippen molar-refractivity contribution >= 4 is 22.2 Å². The predicted molar refractivity (Wildman–Crippen MR) is 91.3 cm³/mol. The van der Waals surface area contributed by atoms with E-state index in [2.05, 4.69) is 15.0 Å². The number of hydrogen-bond acceptors (Lipinski definition) is 7. The van der Waals surface area contributed by atoms with E-state index in [1.54, 1.807) is 13.2 Å². The summed E-state index contributed by atoms with van der Waals surface area (Å²) in [6, 6.07) is 3.49. The van der Waals surface area contributed by atoms with Gasteiger partial charge in [-0.25, -0.2) is 4.98 Å². The van der Waals surface area contributed by atoms with E-state index in [-0.39, 0.29) is 23.7 Å². The SMILES string of the molecule is Cc1nc2sc(C(c3ccco3)N3CCC(C(N)=O)CC3)c(O)n2n1. The molecule has 1 aliphatic heterocycles. The zero-order chi connectivity index (χ0) is 17.6. The minimum Gasteiger partial charge on any atom is -0.492 e. The van der Waals surface area contributed by atoms with Crippen LogP contribution in [0.2, 0.25) is 0 Å². The Morgan fingerprint density at radius 3 is 2.84 bits per heavy atom. The monoisotopic (exact) mass is 361 g/mol. The number of thiazole rings is 1. The van der Waals surface area contributed by atoms with Gasteiger partial charge in [0, 0.05) is 5.92 Å². The summed E-state index contributed by atoms with van der Waals surface area (Å²) >= 11 is 1.40. The van der Waals surface area contributed by atoms with E-state index in [9.17, 15) is 9.90 Å². The first-order valence-electron chi connectivity index (χ1n) is 8.16. The molecule has 0 saturated carbocycles.